The third-order valence-electron chi connectivity index (χ3n) is 4.50. The molecule has 12 heteroatoms. The van der Waals surface area contributed by atoms with Crippen molar-refractivity contribution in [1.29, 1.82) is 5.26 Å². The summed E-state index contributed by atoms with van der Waals surface area (Å²) >= 11 is 0.796. The zero-order valence-electron chi connectivity index (χ0n) is 18.8. The van der Waals surface area contributed by atoms with Crippen LogP contribution in [0, 0.1) is 17.9 Å². The zero-order chi connectivity index (χ0) is 24.7. The maximum atomic E-state index is 12.3. The molecule has 0 aliphatic carbocycles. The smallest absolute Gasteiger partial charge is 0.338 e. The van der Waals surface area contributed by atoms with Crippen LogP contribution >= 0.6 is 12.0 Å². The number of hydrogen-bond donors (Lipinski definition) is 3. The Bertz CT molecular complexity index is 898. The first-order chi connectivity index (χ1) is 15.7. The average Bonchev–Trinajstić information content (AvgIpc) is 2.83. The number of nitrogens with one attached hydrogen (secondary N) is 2. The highest BCUT2D eigenvalue weighted by Crippen LogP contribution is 2.26. The van der Waals surface area contributed by atoms with Crippen molar-refractivity contribution < 1.29 is 24.2 Å². The summed E-state index contributed by atoms with van der Waals surface area (Å²) in [5.74, 6) is -0.481. The Hall–Kier alpha value is -3.03. The van der Waals surface area contributed by atoms with Gasteiger partial charge in [0.25, 0.3) is 0 Å². The Morgan fingerprint density at radius 3 is 2.45 bits per heavy atom. The number of rotatable bonds is 14. The molecule has 178 valence electrons. The molecule has 33 heavy (non-hydrogen) atoms. The Balaban J connectivity index is 2.64. The molecule has 1 aromatic carbocycles. The van der Waals surface area contributed by atoms with E-state index in [0.29, 0.717) is 17.1 Å². The van der Waals surface area contributed by atoms with E-state index in [9.17, 15) is 14.9 Å². The van der Waals surface area contributed by atoms with E-state index in [2.05, 4.69) is 35.1 Å². The molecule has 0 aromatic heterocycles. The summed E-state index contributed by atoms with van der Waals surface area (Å²) in [6.45, 7) is 13.1. The third-order valence-corrected chi connectivity index (χ3v) is 5.10. The van der Waals surface area contributed by atoms with Crippen LogP contribution in [-0.4, -0.2) is 34.8 Å². The van der Waals surface area contributed by atoms with E-state index < -0.39 is 11.2 Å². The van der Waals surface area contributed by atoms with Crippen molar-refractivity contribution in [2.75, 3.05) is 11.9 Å². The minimum Gasteiger partial charge on any atom is -0.356 e. The van der Waals surface area contributed by atoms with Crippen molar-refractivity contribution >= 4 is 29.5 Å². The summed E-state index contributed by atoms with van der Waals surface area (Å²) in [6.07, 6.45) is 1.22. The van der Waals surface area contributed by atoms with Gasteiger partial charge in [-0.1, -0.05) is 12.0 Å². The molecule has 2 unspecified atom stereocenters. The monoisotopic (exact) mass is 476 g/mol. The second-order valence-corrected chi connectivity index (χ2v) is 8.34. The topological polar surface area (TPSA) is 150 Å². The molecule has 0 radical (unpaired) electrons. The number of azo groups is 1. The second kappa shape index (κ2) is 14.2. The van der Waals surface area contributed by atoms with Crippen LogP contribution in [0.1, 0.15) is 52.9 Å². The fourth-order valence-corrected chi connectivity index (χ4v) is 2.76. The number of carbonyl (C=O) groups is 2. The van der Waals surface area contributed by atoms with E-state index in [-0.39, 0.29) is 37.5 Å². The molecule has 2 amide bonds. The molecule has 0 spiro atoms. The maximum absolute atomic E-state index is 12.3. The van der Waals surface area contributed by atoms with Crippen LogP contribution in [0.4, 0.5) is 5.69 Å². The van der Waals surface area contributed by atoms with Crippen LogP contribution in [-0.2, 0) is 19.0 Å². The van der Waals surface area contributed by atoms with Gasteiger partial charge in [-0.25, -0.2) is 11.8 Å². The predicted molar refractivity (Wildman–Crippen MR) is 121 cm³/mol. The van der Waals surface area contributed by atoms with Gasteiger partial charge in [-0.3, -0.25) is 14.4 Å². The van der Waals surface area contributed by atoms with Crippen LogP contribution in [0.5, 0.6) is 0 Å². The van der Waals surface area contributed by atoms with Gasteiger partial charge in [0.2, 0.25) is 11.8 Å². The Labute approximate surface area is 197 Å². The van der Waals surface area contributed by atoms with Gasteiger partial charge in [0.1, 0.15) is 0 Å². The fourth-order valence-electron chi connectivity index (χ4n) is 2.41. The number of nitriles is 1. The lowest BCUT2D eigenvalue weighted by Crippen LogP contribution is -2.28. The van der Waals surface area contributed by atoms with Crippen LogP contribution in [0.25, 0.3) is 4.85 Å². The number of amides is 2. The lowest BCUT2D eigenvalue weighted by atomic mass is 9.98. The second-order valence-electron chi connectivity index (χ2n) is 7.56. The van der Waals surface area contributed by atoms with Crippen molar-refractivity contribution in [2.45, 2.75) is 69.0 Å². The van der Waals surface area contributed by atoms with Gasteiger partial charge >= 0.3 is 5.66 Å². The zero-order valence-corrected chi connectivity index (χ0v) is 19.6. The largest absolute Gasteiger partial charge is 0.356 e. The summed E-state index contributed by atoms with van der Waals surface area (Å²) in [7, 11) is 0. The van der Waals surface area contributed by atoms with Gasteiger partial charge < -0.3 is 10.6 Å². The number of anilines is 1. The quantitative estimate of drug-likeness (QED) is 0.117. The molecule has 0 saturated carbocycles. The van der Waals surface area contributed by atoms with Gasteiger partial charge in [-0.15, -0.1) is 9.45 Å². The standard InChI is InChI=1S/C21H28N6O5S/c1-5-14-24-18(28)10-12-20(2,15-22)26-27-21(3,23-4)13-11-19(29)25-16-6-8-17(9-7-16)33-32-31-30/h6-9,30H,5,10-14H2,1-3H3,(H,24,28)(H,25,29). The number of hydrogen-bond acceptors (Lipinski definition) is 9. The normalized spacial score (nSPS) is 14.5. The SMILES string of the molecule is [C-]#[N+]C(C)(CCC(=O)Nc1ccc(SOOO)cc1)N=NC(C)(C#N)CCC(=O)NCCC. The van der Waals surface area contributed by atoms with Gasteiger partial charge in [-0.05, 0) is 44.0 Å². The van der Waals surface area contributed by atoms with Gasteiger partial charge in [0.15, 0.2) is 5.54 Å². The third kappa shape index (κ3) is 10.9. The predicted octanol–water partition coefficient (Wildman–Crippen LogP) is 4.51. The summed E-state index contributed by atoms with van der Waals surface area (Å²) in [6, 6.07) is 8.64. The van der Waals surface area contributed by atoms with Gasteiger partial charge in [0, 0.05) is 36.9 Å². The van der Waals surface area contributed by atoms with E-state index >= 15 is 0 Å². The summed E-state index contributed by atoms with van der Waals surface area (Å²) in [5, 5.41) is 34.7. The molecule has 0 saturated heterocycles. The molecule has 11 nitrogen and oxygen atoms in total. The summed E-state index contributed by atoms with van der Waals surface area (Å²) in [4.78, 5) is 28.2. The number of benzene rings is 1. The highest BCUT2D eigenvalue weighted by molar-refractivity contribution is 7.94. The molecular formula is C21H28N6O5S. The van der Waals surface area contributed by atoms with Crippen LogP contribution in [0.2, 0.25) is 0 Å². The molecule has 1 aromatic rings. The van der Waals surface area contributed by atoms with Crippen molar-refractivity contribution in [3.63, 3.8) is 0 Å². The number of carbonyl (C=O) groups excluding carboxylic acids is 2. The first-order valence-corrected chi connectivity index (χ1v) is 11.0. The number of nitrogens with zero attached hydrogens (tertiary/aromatic N) is 4. The lowest BCUT2D eigenvalue weighted by Gasteiger charge is -2.17. The van der Waals surface area contributed by atoms with Crippen molar-refractivity contribution in [2.24, 2.45) is 10.2 Å². The fraction of sp³-hybridized carbons (Fsp3) is 0.524. The van der Waals surface area contributed by atoms with Crippen LogP contribution in [0.15, 0.2) is 39.4 Å². The van der Waals surface area contributed by atoms with Crippen molar-refractivity contribution in [1.82, 2.24) is 5.32 Å². The van der Waals surface area contributed by atoms with E-state index in [4.69, 9.17) is 11.8 Å². The average molecular weight is 477 g/mol. The van der Waals surface area contributed by atoms with Crippen LogP contribution in [0.3, 0.4) is 0 Å². The lowest BCUT2D eigenvalue weighted by molar-refractivity contribution is -0.432. The first kappa shape index (κ1) is 28.0. The highest BCUT2D eigenvalue weighted by Gasteiger charge is 2.33. The summed E-state index contributed by atoms with van der Waals surface area (Å²) in [5.41, 5.74) is -2.02. The van der Waals surface area contributed by atoms with Gasteiger partial charge in [0.05, 0.1) is 24.5 Å². The Morgan fingerprint density at radius 2 is 1.88 bits per heavy atom. The summed E-state index contributed by atoms with van der Waals surface area (Å²) < 4.78 is 4.32. The van der Waals surface area contributed by atoms with Crippen molar-refractivity contribution in [3.05, 3.63) is 35.7 Å². The minimum absolute atomic E-state index is 0.0125. The minimum atomic E-state index is -1.32. The molecule has 3 N–H and O–H groups in total. The molecule has 0 bridgehead atoms. The van der Waals surface area contributed by atoms with E-state index in [0.717, 1.165) is 18.5 Å². The Morgan fingerprint density at radius 1 is 1.21 bits per heavy atom. The van der Waals surface area contributed by atoms with Crippen molar-refractivity contribution in [3.8, 4) is 6.07 Å². The molecule has 2 atom stereocenters. The Kier molecular flexibility index (Phi) is 12.0. The molecular weight excluding hydrogens is 448 g/mol. The van der Waals surface area contributed by atoms with E-state index in [1.807, 2.05) is 13.0 Å². The van der Waals surface area contributed by atoms with Crippen LogP contribution < -0.4 is 10.6 Å². The molecule has 0 aliphatic rings. The first-order valence-electron chi connectivity index (χ1n) is 10.2. The highest BCUT2D eigenvalue weighted by atomic mass is 32.2. The molecule has 1 rings (SSSR count). The van der Waals surface area contributed by atoms with E-state index in [1.165, 1.54) is 6.92 Å². The molecule has 0 heterocycles. The van der Waals surface area contributed by atoms with Gasteiger partial charge in [-0.2, -0.15) is 10.4 Å². The molecule has 0 aliphatic heterocycles. The maximum Gasteiger partial charge on any atom is 0.338 e. The van der Waals surface area contributed by atoms with E-state index in [1.54, 1.807) is 31.2 Å². The molecule has 0 fully saturated rings.